The summed E-state index contributed by atoms with van der Waals surface area (Å²) in [4.78, 5) is 10.8. The first kappa shape index (κ1) is 17.0. The van der Waals surface area contributed by atoms with E-state index in [9.17, 15) is 23.2 Å². The molecule has 0 aromatic heterocycles. The van der Waals surface area contributed by atoms with Gasteiger partial charge in [-0.2, -0.15) is 18.2 Å². The summed E-state index contributed by atoms with van der Waals surface area (Å²) >= 11 is 0. The molecule has 0 aliphatic carbocycles. The second-order valence-corrected chi connectivity index (χ2v) is 4.54. The van der Waals surface area contributed by atoms with Gasteiger partial charge >= 0.3 is 12.3 Å². The molecule has 2 N–H and O–H groups in total. The summed E-state index contributed by atoms with van der Waals surface area (Å²) in [5, 5.41) is 18.4. The molecular weight excluding hydrogens is 287 g/mol. The van der Waals surface area contributed by atoms with Gasteiger partial charge in [-0.15, -0.1) is 0 Å². The number of carboxylic acid groups (broad SMARTS) is 1. The minimum absolute atomic E-state index is 0.141. The molecular formula is C14H16F3NO3. The van der Waals surface area contributed by atoms with Gasteiger partial charge in [-0.05, 0) is 31.5 Å². The molecule has 1 aromatic carbocycles. The first-order valence-electron chi connectivity index (χ1n) is 6.19. The molecule has 1 rings (SSSR count). The van der Waals surface area contributed by atoms with E-state index in [1.807, 2.05) is 0 Å². The van der Waals surface area contributed by atoms with Gasteiger partial charge < -0.3 is 5.11 Å². The van der Waals surface area contributed by atoms with E-state index >= 15 is 0 Å². The molecule has 0 spiro atoms. The number of amides is 1. The van der Waals surface area contributed by atoms with E-state index in [0.29, 0.717) is 5.56 Å². The highest BCUT2D eigenvalue weighted by molar-refractivity contribution is 5.64. The van der Waals surface area contributed by atoms with Gasteiger partial charge in [-0.1, -0.05) is 24.3 Å². The van der Waals surface area contributed by atoms with Crippen molar-refractivity contribution in [2.45, 2.75) is 32.0 Å². The Morgan fingerprint density at radius 1 is 1.29 bits per heavy atom. The summed E-state index contributed by atoms with van der Waals surface area (Å²) < 4.78 is 37.6. The van der Waals surface area contributed by atoms with Crippen molar-refractivity contribution in [1.29, 1.82) is 0 Å². The number of benzene rings is 1. The van der Waals surface area contributed by atoms with Gasteiger partial charge in [-0.3, -0.25) is 5.21 Å². The molecule has 0 saturated carbocycles. The van der Waals surface area contributed by atoms with E-state index in [2.05, 4.69) is 0 Å². The largest absolute Gasteiger partial charge is 0.463 e. The lowest BCUT2D eigenvalue weighted by atomic mass is 9.91. The molecule has 0 saturated heterocycles. The SMILES string of the molecule is C/C=C/C(c1ccc(C(F)(F)F)cc1)C(C)N(O)C(=O)O. The van der Waals surface area contributed by atoms with Crippen LogP contribution in [0.15, 0.2) is 36.4 Å². The Bertz CT molecular complexity index is 511. The number of hydroxylamine groups is 2. The molecule has 0 aliphatic rings. The Morgan fingerprint density at radius 2 is 1.81 bits per heavy atom. The first-order valence-corrected chi connectivity index (χ1v) is 6.19. The molecule has 7 heteroatoms. The average molecular weight is 303 g/mol. The van der Waals surface area contributed by atoms with Gasteiger partial charge in [0, 0.05) is 5.92 Å². The average Bonchev–Trinajstić information content (AvgIpc) is 2.42. The zero-order valence-electron chi connectivity index (χ0n) is 11.5. The quantitative estimate of drug-likeness (QED) is 0.499. The van der Waals surface area contributed by atoms with Gasteiger partial charge in [0.2, 0.25) is 0 Å². The van der Waals surface area contributed by atoms with Crippen LogP contribution >= 0.6 is 0 Å². The second kappa shape index (κ2) is 6.62. The van der Waals surface area contributed by atoms with Gasteiger partial charge in [-0.25, -0.2) is 4.79 Å². The molecule has 4 nitrogen and oxygen atoms in total. The van der Waals surface area contributed by atoms with E-state index in [4.69, 9.17) is 5.11 Å². The van der Waals surface area contributed by atoms with Gasteiger partial charge in [0.25, 0.3) is 0 Å². The fourth-order valence-electron chi connectivity index (χ4n) is 1.98. The van der Waals surface area contributed by atoms with Crippen LogP contribution in [0.4, 0.5) is 18.0 Å². The summed E-state index contributed by atoms with van der Waals surface area (Å²) in [7, 11) is 0. The number of carbonyl (C=O) groups is 1. The number of hydrogen-bond donors (Lipinski definition) is 2. The molecule has 0 fully saturated rings. The molecule has 2 unspecified atom stereocenters. The fourth-order valence-corrected chi connectivity index (χ4v) is 1.98. The zero-order valence-corrected chi connectivity index (χ0v) is 11.5. The number of hydrogen-bond acceptors (Lipinski definition) is 2. The van der Waals surface area contributed by atoms with Crippen molar-refractivity contribution < 1.29 is 28.3 Å². The smallest absolute Gasteiger partial charge is 0.431 e. The molecule has 1 aromatic rings. The Kier molecular flexibility index (Phi) is 5.37. The third-order valence-corrected chi connectivity index (χ3v) is 3.12. The van der Waals surface area contributed by atoms with Crippen LogP contribution in [-0.2, 0) is 6.18 Å². The van der Waals surface area contributed by atoms with E-state index in [1.54, 1.807) is 19.1 Å². The van der Waals surface area contributed by atoms with Crippen LogP contribution in [0.25, 0.3) is 0 Å². The second-order valence-electron chi connectivity index (χ2n) is 4.54. The Balaban J connectivity index is 3.09. The van der Waals surface area contributed by atoms with Crippen LogP contribution in [0.1, 0.15) is 30.9 Å². The van der Waals surface area contributed by atoms with Crippen LogP contribution < -0.4 is 0 Å². The normalized spacial score (nSPS) is 15.0. The van der Waals surface area contributed by atoms with E-state index in [0.717, 1.165) is 12.1 Å². The lowest BCUT2D eigenvalue weighted by molar-refractivity contribution is -0.137. The van der Waals surface area contributed by atoms with Crippen LogP contribution in [0, 0.1) is 0 Å². The standard InChI is InChI=1S/C14H16F3NO3/c1-3-4-12(9(2)18(21)13(19)20)10-5-7-11(8-6-10)14(15,16)17/h3-9,12,21H,1-2H3,(H,19,20)/b4-3+. The number of halogens is 3. The predicted molar refractivity (Wildman–Crippen MR) is 70.1 cm³/mol. The molecule has 0 bridgehead atoms. The maximum atomic E-state index is 12.5. The molecule has 0 heterocycles. The molecule has 2 atom stereocenters. The van der Waals surface area contributed by atoms with Crippen molar-refractivity contribution >= 4 is 6.09 Å². The number of rotatable bonds is 4. The van der Waals surface area contributed by atoms with Crippen molar-refractivity contribution in [3.8, 4) is 0 Å². The molecule has 0 radical (unpaired) electrons. The van der Waals surface area contributed by atoms with Crippen LogP contribution in [0.5, 0.6) is 0 Å². The number of alkyl halides is 3. The van der Waals surface area contributed by atoms with Crippen LogP contribution in [0.2, 0.25) is 0 Å². The lowest BCUT2D eigenvalue weighted by Crippen LogP contribution is -2.38. The number of nitrogens with zero attached hydrogens (tertiary/aromatic N) is 1. The first-order chi connectivity index (χ1) is 9.68. The maximum Gasteiger partial charge on any atom is 0.431 e. The predicted octanol–water partition coefficient (Wildman–Crippen LogP) is 4.12. The highest BCUT2D eigenvalue weighted by Crippen LogP contribution is 2.31. The van der Waals surface area contributed by atoms with E-state index in [-0.39, 0.29) is 5.06 Å². The van der Waals surface area contributed by atoms with Crippen LogP contribution in [0.3, 0.4) is 0 Å². The van der Waals surface area contributed by atoms with Gasteiger partial charge in [0.1, 0.15) is 0 Å². The summed E-state index contributed by atoms with van der Waals surface area (Å²) in [5.74, 6) is -0.557. The molecule has 116 valence electrons. The topological polar surface area (TPSA) is 60.8 Å². The fraction of sp³-hybridized carbons (Fsp3) is 0.357. The zero-order chi connectivity index (χ0) is 16.2. The lowest BCUT2D eigenvalue weighted by Gasteiger charge is -2.26. The van der Waals surface area contributed by atoms with Crippen molar-refractivity contribution in [3.05, 3.63) is 47.5 Å². The monoisotopic (exact) mass is 303 g/mol. The third kappa shape index (κ3) is 4.22. The minimum Gasteiger partial charge on any atom is -0.463 e. The van der Waals surface area contributed by atoms with Crippen molar-refractivity contribution in [2.75, 3.05) is 0 Å². The highest BCUT2D eigenvalue weighted by atomic mass is 19.4. The Labute approximate surface area is 120 Å². The molecule has 1 amide bonds. The van der Waals surface area contributed by atoms with E-state index < -0.39 is 29.8 Å². The van der Waals surface area contributed by atoms with Gasteiger partial charge in [0.15, 0.2) is 0 Å². The van der Waals surface area contributed by atoms with Crippen molar-refractivity contribution in [2.24, 2.45) is 0 Å². The maximum absolute atomic E-state index is 12.5. The number of allylic oxidation sites excluding steroid dienone is 1. The van der Waals surface area contributed by atoms with E-state index in [1.165, 1.54) is 19.1 Å². The molecule has 21 heavy (non-hydrogen) atoms. The highest BCUT2D eigenvalue weighted by Gasteiger charge is 2.31. The van der Waals surface area contributed by atoms with Crippen LogP contribution in [-0.4, -0.2) is 27.5 Å². The summed E-state index contributed by atoms with van der Waals surface area (Å²) in [6, 6.07) is 3.58. The Morgan fingerprint density at radius 3 is 2.19 bits per heavy atom. The third-order valence-electron chi connectivity index (χ3n) is 3.12. The summed E-state index contributed by atoms with van der Waals surface area (Å²) in [6.45, 7) is 3.17. The van der Waals surface area contributed by atoms with Gasteiger partial charge in [0.05, 0.1) is 11.6 Å². The molecule has 0 aliphatic heterocycles. The van der Waals surface area contributed by atoms with Crippen molar-refractivity contribution in [3.63, 3.8) is 0 Å². The minimum atomic E-state index is -4.43. The summed E-state index contributed by atoms with van der Waals surface area (Å²) in [5.41, 5.74) is -0.300. The Hall–Kier alpha value is -2.02. The summed E-state index contributed by atoms with van der Waals surface area (Å²) in [6.07, 6.45) is -2.68. The van der Waals surface area contributed by atoms with Crippen molar-refractivity contribution in [1.82, 2.24) is 5.06 Å².